The zero-order valence-electron chi connectivity index (χ0n) is 13.4. The van der Waals surface area contributed by atoms with Gasteiger partial charge in [0, 0.05) is 32.7 Å². The first-order chi connectivity index (χ1) is 12.6. The van der Waals surface area contributed by atoms with Crippen LogP contribution in [0.2, 0.25) is 0 Å². The summed E-state index contributed by atoms with van der Waals surface area (Å²) in [7, 11) is 0. The molecule has 3 aromatic carbocycles. The van der Waals surface area contributed by atoms with Crippen LogP contribution < -0.4 is 5.32 Å². The van der Waals surface area contributed by atoms with Crippen LogP contribution in [0.3, 0.4) is 0 Å². The lowest BCUT2D eigenvalue weighted by Crippen LogP contribution is -2.20. The Morgan fingerprint density at radius 3 is 2.62 bits per heavy atom. The van der Waals surface area contributed by atoms with Crippen molar-refractivity contribution in [2.75, 3.05) is 0 Å². The maximum absolute atomic E-state index is 12.7. The molecule has 0 atom stereocenters. The van der Waals surface area contributed by atoms with Crippen LogP contribution in [0.5, 0.6) is 0 Å². The molecule has 6 rings (SSSR count). The largest absolute Gasteiger partial charge is 0.354 e. The van der Waals surface area contributed by atoms with Crippen molar-refractivity contribution in [3.8, 4) is 11.1 Å². The third-order valence-electron chi connectivity index (χ3n) is 5.45. The highest BCUT2D eigenvalue weighted by molar-refractivity contribution is 9.10. The van der Waals surface area contributed by atoms with E-state index < -0.39 is 0 Å². The van der Waals surface area contributed by atoms with Gasteiger partial charge in [-0.15, -0.1) is 0 Å². The van der Waals surface area contributed by atoms with Gasteiger partial charge >= 0.3 is 0 Å². The van der Waals surface area contributed by atoms with E-state index >= 15 is 0 Å². The second kappa shape index (κ2) is 4.62. The molecule has 2 aliphatic rings. The molecule has 2 amide bonds. The van der Waals surface area contributed by atoms with Gasteiger partial charge in [-0.25, -0.2) is 0 Å². The number of hydrogen-bond donors (Lipinski definition) is 2. The summed E-state index contributed by atoms with van der Waals surface area (Å²) in [4.78, 5) is 28.8. The Labute approximate surface area is 156 Å². The summed E-state index contributed by atoms with van der Waals surface area (Å²) in [6.45, 7) is 0. The van der Waals surface area contributed by atoms with Crippen LogP contribution in [0.1, 0.15) is 31.8 Å². The van der Waals surface area contributed by atoms with Gasteiger partial charge in [0.05, 0.1) is 16.6 Å². The van der Waals surface area contributed by atoms with Gasteiger partial charge in [-0.3, -0.25) is 14.9 Å². The molecule has 0 bridgehead atoms. The highest BCUT2D eigenvalue weighted by Gasteiger charge is 2.38. The fourth-order valence-corrected chi connectivity index (χ4v) is 4.80. The Balaban J connectivity index is 1.89. The molecule has 4 aromatic rings. The van der Waals surface area contributed by atoms with Crippen LogP contribution in [0.4, 0.5) is 0 Å². The first-order valence-electron chi connectivity index (χ1n) is 8.37. The van der Waals surface area contributed by atoms with E-state index in [2.05, 4.69) is 32.3 Å². The number of carbonyl (C=O) groups excluding carboxylic acids is 2. The Morgan fingerprint density at radius 1 is 0.923 bits per heavy atom. The summed E-state index contributed by atoms with van der Waals surface area (Å²) >= 11 is 3.53. The number of hydrogen-bond acceptors (Lipinski definition) is 2. The van der Waals surface area contributed by atoms with Gasteiger partial charge in [0.25, 0.3) is 11.8 Å². The normalized spacial score (nSPS) is 14.7. The number of halogens is 1. The van der Waals surface area contributed by atoms with Crippen LogP contribution >= 0.6 is 15.9 Å². The minimum atomic E-state index is -0.314. The van der Waals surface area contributed by atoms with Crippen molar-refractivity contribution in [2.24, 2.45) is 0 Å². The Hall–Kier alpha value is -2.92. The molecule has 0 spiro atoms. The quantitative estimate of drug-likeness (QED) is 0.373. The Morgan fingerprint density at radius 2 is 1.73 bits per heavy atom. The van der Waals surface area contributed by atoms with E-state index in [-0.39, 0.29) is 11.8 Å². The van der Waals surface area contributed by atoms with E-state index in [0.717, 1.165) is 49.4 Å². The van der Waals surface area contributed by atoms with E-state index in [1.165, 1.54) is 5.56 Å². The highest BCUT2D eigenvalue weighted by atomic mass is 79.9. The maximum Gasteiger partial charge on any atom is 0.259 e. The average molecular weight is 403 g/mol. The third kappa shape index (κ3) is 1.59. The molecule has 124 valence electrons. The second-order valence-electron chi connectivity index (χ2n) is 6.79. The molecule has 0 saturated heterocycles. The summed E-state index contributed by atoms with van der Waals surface area (Å²) in [5.74, 6) is -0.618. The van der Waals surface area contributed by atoms with Crippen molar-refractivity contribution < 1.29 is 9.59 Å². The van der Waals surface area contributed by atoms with E-state index in [0.29, 0.717) is 11.1 Å². The third-order valence-corrected chi connectivity index (χ3v) is 5.94. The minimum Gasteiger partial charge on any atom is -0.354 e. The lowest BCUT2D eigenvalue weighted by molar-refractivity contribution is 0.0880. The molecule has 1 aromatic heterocycles. The zero-order valence-corrected chi connectivity index (χ0v) is 15.0. The number of aromatic nitrogens is 1. The predicted octanol–water partition coefficient (Wildman–Crippen LogP) is 4.54. The summed E-state index contributed by atoms with van der Waals surface area (Å²) in [5.41, 5.74) is 7.11. The molecule has 1 aliphatic carbocycles. The van der Waals surface area contributed by atoms with E-state index in [1.54, 1.807) is 0 Å². The van der Waals surface area contributed by atoms with Crippen LogP contribution in [-0.2, 0) is 6.42 Å². The molecule has 0 fully saturated rings. The number of nitrogens with one attached hydrogen (secondary N) is 2. The fourth-order valence-electron chi connectivity index (χ4n) is 4.44. The lowest BCUT2D eigenvalue weighted by Gasteiger charge is -2.09. The number of benzene rings is 3. The van der Waals surface area contributed by atoms with E-state index in [4.69, 9.17) is 0 Å². The predicted molar refractivity (Wildman–Crippen MR) is 104 cm³/mol. The van der Waals surface area contributed by atoms with Gasteiger partial charge in [-0.2, -0.15) is 0 Å². The van der Waals surface area contributed by atoms with Gasteiger partial charge in [0.1, 0.15) is 0 Å². The van der Waals surface area contributed by atoms with Crippen molar-refractivity contribution in [1.82, 2.24) is 10.3 Å². The molecule has 0 saturated carbocycles. The molecule has 5 heteroatoms. The number of carbonyl (C=O) groups is 2. The molecule has 26 heavy (non-hydrogen) atoms. The molecule has 1 aliphatic heterocycles. The fraction of sp³-hybridized carbons (Fsp3) is 0.0476. The second-order valence-corrected chi connectivity index (χ2v) is 7.70. The van der Waals surface area contributed by atoms with Gasteiger partial charge in [-0.1, -0.05) is 40.2 Å². The van der Waals surface area contributed by atoms with Crippen molar-refractivity contribution in [3.63, 3.8) is 0 Å². The van der Waals surface area contributed by atoms with Crippen LogP contribution in [0.15, 0.2) is 46.9 Å². The van der Waals surface area contributed by atoms with E-state index in [9.17, 15) is 9.59 Å². The molecule has 4 nitrogen and oxygen atoms in total. The summed E-state index contributed by atoms with van der Waals surface area (Å²) in [6, 6.07) is 14.0. The van der Waals surface area contributed by atoms with Crippen molar-refractivity contribution >= 4 is 49.6 Å². The molecule has 0 radical (unpaired) electrons. The standard InChI is InChI=1S/C21H11BrN2O2/c22-10-6-5-9-7-13-15(12(9)8-10)17-18(21(26)24-20(17)25)16-11-3-1-2-4-14(11)23-19(13)16/h1-6,8,23H,7H2,(H,24,25,26). The van der Waals surface area contributed by atoms with Crippen LogP contribution in [-0.4, -0.2) is 16.8 Å². The zero-order chi connectivity index (χ0) is 17.6. The van der Waals surface area contributed by atoms with Crippen LogP contribution in [0.25, 0.3) is 32.9 Å². The first kappa shape index (κ1) is 14.3. The van der Waals surface area contributed by atoms with Crippen molar-refractivity contribution in [3.05, 3.63) is 69.2 Å². The molecule has 2 heterocycles. The number of aromatic amines is 1. The van der Waals surface area contributed by atoms with Crippen LogP contribution in [0, 0.1) is 0 Å². The van der Waals surface area contributed by atoms with Gasteiger partial charge < -0.3 is 4.98 Å². The Bertz CT molecular complexity index is 1330. The number of imide groups is 1. The lowest BCUT2D eigenvalue weighted by atomic mass is 9.92. The number of H-pyrrole nitrogens is 1. The van der Waals surface area contributed by atoms with Crippen molar-refractivity contribution in [2.45, 2.75) is 6.42 Å². The minimum absolute atomic E-state index is 0.304. The first-order valence-corrected chi connectivity index (χ1v) is 9.16. The van der Waals surface area contributed by atoms with E-state index in [1.807, 2.05) is 36.4 Å². The molecule has 2 N–H and O–H groups in total. The smallest absolute Gasteiger partial charge is 0.259 e. The van der Waals surface area contributed by atoms with Gasteiger partial charge in [-0.05, 0) is 34.9 Å². The summed E-state index contributed by atoms with van der Waals surface area (Å²) in [6.07, 6.45) is 0.746. The topological polar surface area (TPSA) is 62.0 Å². The van der Waals surface area contributed by atoms with Crippen molar-refractivity contribution in [1.29, 1.82) is 0 Å². The van der Waals surface area contributed by atoms with Gasteiger partial charge in [0.2, 0.25) is 0 Å². The molecule has 0 unspecified atom stereocenters. The number of rotatable bonds is 0. The number of fused-ring (bicyclic) bond motifs is 10. The SMILES string of the molecule is O=C1NC(=O)c2c1c1c(c3[nH]c4ccccc4c23)Cc2ccc(Br)cc2-1. The monoisotopic (exact) mass is 402 g/mol. The Kier molecular flexibility index (Phi) is 2.54. The number of para-hydroxylation sites is 1. The maximum atomic E-state index is 12.7. The highest BCUT2D eigenvalue weighted by Crippen LogP contribution is 2.48. The summed E-state index contributed by atoms with van der Waals surface area (Å²) < 4.78 is 0.958. The molecular formula is C21H11BrN2O2. The average Bonchev–Trinajstić information content (AvgIpc) is 3.26. The molecular weight excluding hydrogens is 392 g/mol. The summed E-state index contributed by atoms with van der Waals surface area (Å²) in [5, 5.41) is 4.33. The number of amides is 2. The van der Waals surface area contributed by atoms with Gasteiger partial charge in [0.15, 0.2) is 0 Å².